The van der Waals surface area contributed by atoms with Gasteiger partial charge in [-0.05, 0) is 55.4 Å². The summed E-state index contributed by atoms with van der Waals surface area (Å²) in [6.45, 7) is 9.01. The van der Waals surface area contributed by atoms with Gasteiger partial charge in [-0.15, -0.1) is 0 Å². The van der Waals surface area contributed by atoms with Crippen molar-refractivity contribution >= 4 is 34.4 Å². The number of benzene rings is 2. The normalized spacial score (nSPS) is 11.9. The van der Waals surface area contributed by atoms with Crippen LogP contribution in [-0.4, -0.2) is 30.7 Å². The third-order valence-corrected chi connectivity index (χ3v) is 5.28. The van der Waals surface area contributed by atoms with Gasteiger partial charge in [0, 0.05) is 35.9 Å². The van der Waals surface area contributed by atoms with Gasteiger partial charge in [-0.25, -0.2) is 0 Å². The molecular weight excluding hydrogens is 463 g/mol. The van der Waals surface area contributed by atoms with E-state index < -0.39 is 12.6 Å². The summed E-state index contributed by atoms with van der Waals surface area (Å²) in [5.41, 5.74) is 9.65. The second-order valence-corrected chi connectivity index (χ2v) is 8.19. The average molecular weight is 492 g/mol. The Morgan fingerprint density at radius 3 is 2.56 bits per heavy atom. The van der Waals surface area contributed by atoms with Crippen molar-refractivity contribution in [1.82, 2.24) is 4.90 Å². The summed E-state index contributed by atoms with van der Waals surface area (Å²) in [6, 6.07) is 11.9. The summed E-state index contributed by atoms with van der Waals surface area (Å²) in [6.07, 6.45) is -2.95. The second-order valence-electron chi connectivity index (χ2n) is 7.75. The fourth-order valence-corrected chi connectivity index (χ4v) is 3.81. The van der Waals surface area contributed by atoms with E-state index in [9.17, 15) is 18.4 Å². The van der Waals surface area contributed by atoms with Gasteiger partial charge in [0.15, 0.2) is 0 Å². The SMILES string of the molecule is C=CNc1ccc(Cl)cc1/C(=C(\C)C#N)N(CCC)CCNc1cc(CC(F)(F)F)ccc1N. The van der Waals surface area contributed by atoms with Crippen molar-refractivity contribution in [1.29, 1.82) is 5.26 Å². The van der Waals surface area contributed by atoms with Gasteiger partial charge in [-0.3, -0.25) is 0 Å². The van der Waals surface area contributed by atoms with Crippen LogP contribution in [0.1, 0.15) is 31.4 Å². The third-order valence-electron chi connectivity index (χ3n) is 5.05. The van der Waals surface area contributed by atoms with E-state index in [1.54, 1.807) is 25.3 Å². The van der Waals surface area contributed by atoms with Crippen molar-refractivity contribution < 1.29 is 13.2 Å². The lowest BCUT2D eigenvalue weighted by atomic mass is 10.0. The summed E-state index contributed by atoms with van der Waals surface area (Å²) in [7, 11) is 0. The Morgan fingerprint density at radius 2 is 1.94 bits per heavy atom. The Kier molecular flexibility index (Phi) is 9.69. The minimum atomic E-state index is -4.30. The molecule has 0 heterocycles. The van der Waals surface area contributed by atoms with Crippen molar-refractivity contribution in [3.8, 4) is 6.07 Å². The first-order valence-corrected chi connectivity index (χ1v) is 11.2. The Hall–Kier alpha value is -3.31. The zero-order valence-electron chi connectivity index (χ0n) is 19.3. The van der Waals surface area contributed by atoms with E-state index in [0.717, 1.165) is 23.4 Å². The molecule has 0 saturated heterocycles. The number of nitriles is 1. The number of rotatable bonds is 11. The molecule has 0 aromatic heterocycles. The van der Waals surface area contributed by atoms with E-state index in [0.29, 0.717) is 41.6 Å². The van der Waals surface area contributed by atoms with Gasteiger partial charge in [0.1, 0.15) is 0 Å². The van der Waals surface area contributed by atoms with Crippen LogP contribution in [0.25, 0.3) is 5.70 Å². The molecule has 2 rings (SSSR count). The van der Waals surface area contributed by atoms with E-state index in [1.807, 2.05) is 13.0 Å². The van der Waals surface area contributed by atoms with Crippen LogP contribution in [0.5, 0.6) is 0 Å². The highest BCUT2D eigenvalue weighted by atomic mass is 35.5. The Labute approximate surface area is 203 Å². The van der Waals surface area contributed by atoms with Gasteiger partial charge in [0.2, 0.25) is 0 Å². The van der Waals surface area contributed by atoms with Crippen molar-refractivity contribution in [2.24, 2.45) is 0 Å². The summed E-state index contributed by atoms with van der Waals surface area (Å²) in [5, 5.41) is 16.5. The summed E-state index contributed by atoms with van der Waals surface area (Å²) >= 11 is 6.27. The number of hydrogen-bond acceptors (Lipinski definition) is 5. The first kappa shape index (κ1) is 26.9. The molecule has 2 aromatic rings. The molecule has 0 aliphatic heterocycles. The summed E-state index contributed by atoms with van der Waals surface area (Å²) in [5.74, 6) is 0. The number of hydrogen-bond donors (Lipinski definition) is 3. The maximum atomic E-state index is 12.8. The highest BCUT2D eigenvalue weighted by molar-refractivity contribution is 6.30. The van der Waals surface area contributed by atoms with Crippen molar-refractivity contribution in [3.05, 3.63) is 70.9 Å². The standard InChI is InChI=1S/C25H29ClF3N5/c1-4-11-34(12-10-33-23-13-18(6-8-21(23)31)15-25(27,28)29)24(17(3)16-30)20-14-19(26)7-9-22(20)32-5-2/h5-9,13-14,32-33H,2,4,10-12,15,31H2,1,3H3/b24-17-. The molecule has 9 heteroatoms. The number of nitrogens with one attached hydrogen (secondary N) is 2. The van der Waals surface area contributed by atoms with Crippen LogP contribution in [-0.2, 0) is 6.42 Å². The number of halogens is 4. The first-order chi connectivity index (χ1) is 16.1. The fourth-order valence-electron chi connectivity index (χ4n) is 3.64. The number of nitrogens with two attached hydrogens (primary N) is 1. The van der Waals surface area contributed by atoms with Gasteiger partial charge in [-0.1, -0.05) is 31.2 Å². The monoisotopic (exact) mass is 491 g/mol. The molecule has 34 heavy (non-hydrogen) atoms. The quantitative estimate of drug-likeness (QED) is 0.242. The number of nitrogens with zero attached hydrogens (tertiary/aromatic N) is 2. The second kappa shape index (κ2) is 12.2. The number of nitrogen functional groups attached to an aromatic ring is 1. The third kappa shape index (κ3) is 7.63. The van der Waals surface area contributed by atoms with Crippen LogP contribution in [0.4, 0.5) is 30.2 Å². The molecule has 4 N–H and O–H groups in total. The molecule has 5 nitrogen and oxygen atoms in total. The van der Waals surface area contributed by atoms with E-state index in [2.05, 4.69) is 28.2 Å². The van der Waals surface area contributed by atoms with E-state index >= 15 is 0 Å². The molecule has 0 saturated carbocycles. The molecule has 0 unspecified atom stereocenters. The first-order valence-electron chi connectivity index (χ1n) is 10.8. The topological polar surface area (TPSA) is 77.1 Å². The number of allylic oxidation sites excluding steroid dienone is 1. The maximum absolute atomic E-state index is 12.8. The van der Waals surface area contributed by atoms with Gasteiger partial charge >= 0.3 is 6.18 Å². The number of alkyl halides is 3. The van der Waals surface area contributed by atoms with Crippen LogP contribution in [0, 0.1) is 11.3 Å². The Balaban J connectivity index is 2.32. The Morgan fingerprint density at radius 1 is 1.21 bits per heavy atom. The maximum Gasteiger partial charge on any atom is 0.393 e. The van der Waals surface area contributed by atoms with Crippen LogP contribution >= 0.6 is 11.6 Å². The lowest BCUT2D eigenvalue weighted by Gasteiger charge is -2.30. The molecular formula is C25H29ClF3N5. The highest BCUT2D eigenvalue weighted by Crippen LogP contribution is 2.32. The molecule has 182 valence electrons. The van der Waals surface area contributed by atoms with Gasteiger partial charge in [0.05, 0.1) is 35.1 Å². The molecule has 0 spiro atoms. The van der Waals surface area contributed by atoms with Crippen LogP contribution < -0.4 is 16.4 Å². The van der Waals surface area contributed by atoms with Gasteiger partial charge in [0.25, 0.3) is 0 Å². The van der Waals surface area contributed by atoms with E-state index in [4.69, 9.17) is 17.3 Å². The lowest BCUT2D eigenvalue weighted by molar-refractivity contribution is -0.127. The highest BCUT2D eigenvalue weighted by Gasteiger charge is 2.27. The van der Waals surface area contributed by atoms with Crippen molar-refractivity contribution in [2.75, 3.05) is 36.0 Å². The molecule has 0 aliphatic carbocycles. The molecule has 0 fully saturated rings. The number of anilines is 3. The molecule has 0 amide bonds. The van der Waals surface area contributed by atoms with Crippen molar-refractivity contribution in [3.63, 3.8) is 0 Å². The fraction of sp³-hybridized carbons (Fsp3) is 0.320. The lowest BCUT2D eigenvalue weighted by Crippen LogP contribution is -2.30. The van der Waals surface area contributed by atoms with E-state index in [-0.39, 0.29) is 5.56 Å². The summed E-state index contributed by atoms with van der Waals surface area (Å²) in [4.78, 5) is 2.06. The molecule has 0 aliphatic rings. The minimum Gasteiger partial charge on any atom is -0.397 e. The van der Waals surface area contributed by atoms with Crippen molar-refractivity contribution in [2.45, 2.75) is 32.9 Å². The van der Waals surface area contributed by atoms with Gasteiger partial charge < -0.3 is 21.3 Å². The molecule has 0 radical (unpaired) electrons. The van der Waals surface area contributed by atoms with Crippen LogP contribution in [0.3, 0.4) is 0 Å². The predicted octanol–water partition coefficient (Wildman–Crippen LogP) is 6.66. The zero-order valence-corrected chi connectivity index (χ0v) is 20.0. The average Bonchev–Trinajstić information content (AvgIpc) is 2.76. The molecule has 0 bridgehead atoms. The zero-order chi connectivity index (χ0) is 25.3. The Bertz CT molecular complexity index is 1070. The largest absolute Gasteiger partial charge is 0.397 e. The van der Waals surface area contributed by atoms with Gasteiger partial charge in [-0.2, -0.15) is 18.4 Å². The van der Waals surface area contributed by atoms with Crippen LogP contribution in [0.2, 0.25) is 5.02 Å². The van der Waals surface area contributed by atoms with E-state index in [1.165, 1.54) is 18.2 Å². The van der Waals surface area contributed by atoms with Crippen LogP contribution in [0.15, 0.2) is 54.8 Å². The minimum absolute atomic E-state index is 0.134. The molecule has 2 aromatic carbocycles. The molecule has 0 atom stereocenters. The predicted molar refractivity (Wildman–Crippen MR) is 134 cm³/mol. The summed E-state index contributed by atoms with van der Waals surface area (Å²) < 4.78 is 38.3. The smallest absolute Gasteiger partial charge is 0.393 e.